The van der Waals surface area contributed by atoms with Gasteiger partial charge in [-0.25, -0.2) is 5.01 Å². The molecule has 0 aliphatic heterocycles. The molecule has 0 fully saturated rings. The maximum Gasteiger partial charge on any atom is 0.269 e. The molecule has 0 aromatic heterocycles. The standard InChI is InChI=1S/C20H27ClN2O2/c1-20(2,3)23(19(25)16-9-7-5-4-6-8-10-16)22-18(24)15-11-13-17(21)14-12-15/h9,11-14H,4-8,10H2,1-3H3,(H,22,24). The molecule has 4 nitrogen and oxygen atoms in total. The van der Waals surface area contributed by atoms with Crippen LogP contribution in [0.1, 0.15) is 69.7 Å². The Balaban J connectivity index is 2.19. The van der Waals surface area contributed by atoms with Crippen LogP contribution >= 0.6 is 11.6 Å². The number of halogens is 1. The Bertz CT molecular complexity index is 645. The van der Waals surface area contributed by atoms with Crippen molar-refractivity contribution < 1.29 is 9.59 Å². The van der Waals surface area contributed by atoms with Crippen molar-refractivity contribution in [2.45, 2.75) is 64.8 Å². The topological polar surface area (TPSA) is 49.4 Å². The van der Waals surface area contributed by atoms with E-state index in [0.29, 0.717) is 10.6 Å². The zero-order valence-electron chi connectivity index (χ0n) is 15.3. The quantitative estimate of drug-likeness (QED) is 0.761. The first-order valence-corrected chi connectivity index (χ1v) is 9.27. The summed E-state index contributed by atoms with van der Waals surface area (Å²) in [5.41, 5.74) is 3.53. The van der Waals surface area contributed by atoms with Gasteiger partial charge in [0, 0.05) is 16.2 Å². The second kappa shape index (κ2) is 8.52. The molecule has 0 spiro atoms. The lowest BCUT2D eigenvalue weighted by atomic mass is 9.98. The number of allylic oxidation sites excluding steroid dienone is 1. The van der Waals surface area contributed by atoms with Gasteiger partial charge in [0.2, 0.25) is 0 Å². The van der Waals surface area contributed by atoms with Crippen LogP contribution in [0.5, 0.6) is 0 Å². The molecule has 1 aromatic carbocycles. The van der Waals surface area contributed by atoms with Crippen molar-refractivity contribution in [3.8, 4) is 0 Å². The fourth-order valence-electron chi connectivity index (χ4n) is 2.82. The van der Waals surface area contributed by atoms with Crippen molar-refractivity contribution in [3.05, 3.63) is 46.5 Å². The summed E-state index contributed by atoms with van der Waals surface area (Å²) in [6.45, 7) is 5.74. The highest BCUT2D eigenvalue weighted by atomic mass is 35.5. The molecule has 136 valence electrons. The number of benzene rings is 1. The van der Waals surface area contributed by atoms with E-state index in [1.165, 1.54) is 11.4 Å². The lowest BCUT2D eigenvalue weighted by Crippen LogP contribution is -2.56. The molecule has 2 rings (SSSR count). The lowest BCUT2D eigenvalue weighted by molar-refractivity contribution is -0.135. The third kappa shape index (κ3) is 5.60. The van der Waals surface area contributed by atoms with Crippen molar-refractivity contribution in [3.63, 3.8) is 0 Å². The van der Waals surface area contributed by atoms with Crippen molar-refractivity contribution >= 4 is 23.4 Å². The number of hydrazine groups is 1. The van der Waals surface area contributed by atoms with Gasteiger partial charge >= 0.3 is 0 Å². The highest BCUT2D eigenvalue weighted by Gasteiger charge is 2.30. The van der Waals surface area contributed by atoms with Crippen LogP contribution in [0.15, 0.2) is 35.9 Å². The Hall–Kier alpha value is -1.81. The normalized spacial score (nSPS) is 15.6. The zero-order valence-corrected chi connectivity index (χ0v) is 16.0. The molecule has 0 atom stereocenters. The molecule has 0 radical (unpaired) electrons. The van der Waals surface area contributed by atoms with Crippen LogP contribution in [-0.4, -0.2) is 22.4 Å². The largest absolute Gasteiger partial charge is 0.269 e. The average molecular weight is 363 g/mol. The molecule has 1 aliphatic rings. The fraction of sp³-hybridized carbons (Fsp3) is 0.500. The van der Waals surface area contributed by atoms with E-state index in [9.17, 15) is 9.59 Å². The third-order valence-corrected chi connectivity index (χ3v) is 4.51. The van der Waals surface area contributed by atoms with Crippen LogP contribution < -0.4 is 5.43 Å². The molecule has 0 unspecified atom stereocenters. The molecule has 25 heavy (non-hydrogen) atoms. The minimum absolute atomic E-state index is 0.114. The predicted molar refractivity (Wildman–Crippen MR) is 101 cm³/mol. The molecule has 1 N–H and O–H groups in total. The van der Waals surface area contributed by atoms with Gasteiger partial charge in [0.05, 0.1) is 5.54 Å². The van der Waals surface area contributed by atoms with Crippen LogP contribution in [-0.2, 0) is 4.79 Å². The molecular formula is C20H27ClN2O2. The van der Waals surface area contributed by atoms with Gasteiger partial charge in [-0.2, -0.15) is 0 Å². The SMILES string of the molecule is CC(C)(C)N(NC(=O)c1ccc(Cl)cc1)C(=O)C1=CCCCCCC1. The van der Waals surface area contributed by atoms with E-state index >= 15 is 0 Å². The van der Waals surface area contributed by atoms with E-state index in [2.05, 4.69) is 5.43 Å². The van der Waals surface area contributed by atoms with Crippen molar-refractivity contribution in [2.75, 3.05) is 0 Å². The fourth-order valence-corrected chi connectivity index (χ4v) is 2.95. The summed E-state index contributed by atoms with van der Waals surface area (Å²) in [4.78, 5) is 25.6. The van der Waals surface area contributed by atoms with Crippen LogP contribution in [0.25, 0.3) is 0 Å². The average Bonchev–Trinajstić information content (AvgIpc) is 2.51. The van der Waals surface area contributed by atoms with Crippen molar-refractivity contribution in [2.24, 2.45) is 0 Å². The second-order valence-electron chi connectivity index (χ2n) is 7.44. The van der Waals surface area contributed by atoms with E-state index in [-0.39, 0.29) is 11.8 Å². The van der Waals surface area contributed by atoms with E-state index in [4.69, 9.17) is 11.6 Å². The Morgan fingerprint density at radius 1 is 1.04 bits per heavy atom. The number of carbonyl (C=O) groups is 2. The first-order chi connectivity index (χ1) is 11.8. The van der Waals surface area contributed by atoms with Crippen molar-refractivity contribution in [1.29, 1.82) is 0 Å². The maximum absolute atomic E-state index is 13.1. The molecule has 0 saturated carbocycles. The van der Waals surface area contributed by atoms with Crippen LogP contribution in [0, 0.1) is 0 Å². The number of hydrogen-bond acceptors (Lipinski definition) is 2. The Kier molecular flexibility index (Phi) is 6.65. The van der Waals surface area contributed by atoms with Gasteiger partial charge in [0.1, 0.15) is 0 Å². The maximum atomic E-state index is 13.1. The molecule has 0 saturated heterocycles. The third-order valence-electron chi connectivity index (χ3n) is 4.26. The van der Waals surface area contributed by atoms with E-state index in [1.54, 1.807) is 24.3 Å². The highest BCUT2D eigenvalue weighted by Crippen LogP contribution is 2.22. The predicted octanol–water partition coefficient (Wildman–Crippen LogP) is 4.89. The number of rotatable bonds is 2. The monoisotopic (exact) mass is 362 g/mol. The number of nitrogens with one attached hydrogen (secondary N) is 1. The van der Waals surface area contributed by atoms with Crippen LogP contribution in [0.2, 0.25) is 5.02 Å². The summed E-state index contributed by atoms with van der Waals surface area (Å²) in [5, 5.41) is 2.03. The van der Waals surface area contributed by atoms with Gasteiger partial charge in [-0.15, -0.1) is 0 Å². The number of carbonyl (C=O) groups excluding carboxylic acids is 2. The van der Waals surface area contributed by atoms with E-state index in [1.807, 2.05) is 26.8 Å². The van der Waals surface area contributed by atoms with Gasteiger partial charge in [0.25, 0.3) is 11.8 Å². The van der Waals surface area contributed by atoms with Gasteiger partial charge in [-0.05, 0) is 70.7 Å². The zero-order chi connectivity index (χ0) is 18.4. The first kappa shape index (κ1) is 19.5. The molecule has 1 aromatic rings. The van der Waals surface area contributed by atoms with E-state index < -0.39 is 5.54 Å². The molecular weight excluding hydrogens is 336 g/mol. The van der Waals surface area contributed by atoms with Gasteiger partial charge in [0.15, 0.2) is 0 Å². The lowest BCUT2D eigenvalue weighted by Gasteiger charge is -2.36. The first-order valence-electron chi connectivity index (χ1n) is 8.89. The number of hydrogen-bond donors (Lipinski definition) is 1. The van der Waals surface area contributed by atoms with Gasteiger partial charge in [-0.3, -0.25) is 15.0 Å². The number of amides is 2. The summed E-state index contributed by atoms with van der Waals surface area (Å²) >= 11 is 5.87. The Morgan fingerprint density at radius 3 is 2.32 bits per heavy atom. The van der Waals surface area contributed by atoms with Gasteiger partial charge < -0.3 is 0 Å². The van der Waals surface area contributed by atoms with Crippen LogP contribution in [0.4, 0.5) is 0 Å². The smallest absolute Gasteiger partial charge is 0.268 e. The summed E-state index contributed by atoms with van der Waals surface area (Å²) in [6, 6.07) is 6.63. The van der Waals surface area contributed by atoms with E-state index in [0.717, 1.165) is 37.7 Å². The Morgan fingerprint density at radius 2 is 1.68 bits per heavy atom. The summed E-state index contributed by atoms with van der Waals surface area (Å²) in [7, 11) is 0. The number of nitrogens with zero attached hydrogens (tertiary/aromatic N) is 1. The second-order valence-corrected chi connectivity index (χ2v) is 7.88. The molecule has 2 amide bonds. The summed E-state index contributed by atoms with van der Waals surface area (Å²) in [6.07, 6.45) is 8.22. The summed E-state index contributed by atoms with van der Waals surface area (Å²) < 4.78 is 0. The minimum Gasteiger partial charge on any atom is -0.268 e. The van der Waals surface area contributed by atoms with Gasteiger partial charge in [-0.1, -0.05) is 30.5 Å². The summed E-state index contributed by atoms with van der Waals surface area (Å²) in [5.74, 6) is -0.428. The Labute approximate surface area is 155 Å². The highest BCUT2D eigenvalue weighted by molar-refractivity contribution is 6.30. The van der Waals surface area contributed by atoms with Crippen molar-refractivity contribution in [1.82, 2.24) is 10.4 Å². The minimum atomic E-state index is -0.525. The molecule has 0 bridgehead atoms. The molecule has 1 aliphatic carbocycles. The van der Waals surface area contributed by atoms with Crippen LogP contribution in [0.3, 0.4) is 0 Å². The molecule has 0 heterocycles. The molecule has 5 heteroatoms.